The van der Waals surface area contributed by atoms with Crippen LogP contribution in [0.15, 0.2) is 41.3 Å². The second-order valence-corrected chi connectivity index (χ2v) is 8.30. The number of amides is 1. The largest absolute Gasteiger partial charge is 0.384 e. The van der Waals surface area contributed by atoms with Gasteiger partial charge in [-0.15, -0.1) is 0 Å². The highest BCUT2D eigenvalue weighted by Crippen LogP contribution is 2.27. The standard InChI is InChI=1S/C20H26F2N4O3S/c1-4-23-18-10-8-15(30(28,29)26(5-2)6-3)12-19(18)24-13-20(27)25-14-7-9-16(21)17(22)11-14/h7-12,23-24H,4-6,13H2,1-3H3,(H,25,27). The lowest BCUT2D eigenvalue weighted by atomic mass is 10.2. The van der Waals surface area contributed by atoms with Crippen LogP contribution in [0.4, 0.5) is 25.8 Å². The number of rotatable bonds is 10. The molecule has 7 nitrogen and oxygen atoms in total. The summed E-state index contributed by atoms with van der Waals surface area (Å²) < 4.78 is 53.2. The van der Waals surface area contributed by atoms with Crippen molar-refractivity contribution >= 4 is 33.0 Å². The summed E-state index contributed by atoms with van der Waals surface area (Å²) in [5.41, 5.74) is 1.19. The first-order chi connectivity index (χ1) is 14.2. The average Bonchev–Trinajstić information content (AvgIpc) is 2.71. The molecule has 3 N–H and O–H groups in total. The van der Waals surface area contributed by atoms with Gasteiger partial charge in [-0.1, -0.05) is 13.8 Å². The fourth-order valence-corrected chi connectivity index (χ4v) is 4.33. The molecule has 0 bridgehead atoms. The van der Waals surface area contributed by atoms with Gasteiger partial charge < -0.3 is 16.0 Å². The zero-order valence-electron chi connectivity index (χ0n) is 17.1. The zero-order chi connectivity index (χ0) is 22.3. The molecule has 10 heteroatoms. The Kier molecular flexibility index (Phi) is 8.13. The van der Waals surface area contributed by atoms with Crippen LogP contribution in [0.25, 0.3) is 0 Å². The topological polar surface area (TPSA) is 90.5 Å². The Morgan fingerprint density at radius 2 is 1.63 bits per heavy atom. The van der Waals surface area contributed by atoms with E-state index < -0.39 is 27.6 Å². The van der Waals surface area contributed by atoms with Crippen LogP contribution in [0.5, 0.6) is 0 Å². The maximum absolute atomic E-state index is 13.3. The lowest BCUT2D eigenvalue weighted by Gasteiger charge is -2.20. The molecule has 0 radical (unpaired) electrons. The third kappa shape index (κ3) is 5.67. The van der Waals surface area contributed by atoms with Crippen molar-refractivity contribution in [3.63, 3.8) is 0 Å². The lowest BCUT2D eigenvalue weighted by Crippen LogP contribution is -2.30. The van der Waals surface area contributed by atoms with Crippen molar-refractivity contribution in [3.8, 4) is 0 Å². The molecule has 2 aromatic rings. The number of anilines is 3. The van der Waals surface area contributed by atoms with Crippen molar-refractivity contribution in [2.75, 3.05) is 42.1 Å². The molecule has 0 fully saturated rings. The van der Waals surface area contributed by atoms with E-state index in [1.807, 2.05) is 6.92 Å². The number of halogens is 2. The lowest BCUT2D eigenvalue weighted by molar-refractivity contribution is -0.114. The number of carbonyl (C=O) groups is 1. The second kappa shape index (κ2) is 10.4. The summed E-state index contributed by atoms with van der Waals surface area (Å²) in [6.07, 6.45) is 0. The molecule has 0 spiro atoms. The molecule has 0 aliphatic carbocycles. The summed E-state index contributed by atoms with van der Waals surface area (Å²) in [5, 5.41) is 8.47. The molecule has 0 saturated heterocycles. The molecule has 1 amide bonds. The number of benzene rings is 2. The van der Waals surface area contributed by atoms with Gasteiger partial charge >= 0.3 is 0 Å². The summed E-state index contributed by atoms with van der Waals surface area (Å²) in [6, 6.07) is 7.67. The number of nitrogens with one attached hydrogen (secondary N) is 3. The minimum absolute atomic E-state index is 0.108. The molecule has 164 valence electrons. The van der Waals surface area contributed by atoms with Crippen LogP contribution in [0.2, 0.25) is 0 Å². The van der Waals surface area contributed by atoms with Crippen LogP contribution < -0.4 is 16.0 Å². The van der Waals surface area contributed by atoms with E-state index in [9.17, 15) is 22.0 Å². The first-order valence-electron chi connectivity index (χ1n) is 9.59. The summed E-state index contributed by atoms with van der Waals surface area (Å²) in [7, 11) is -3.66. The molecular weight excluding hydrogens is 414 g/mol. The Labute approximate surface area is 175 Å². The third-order valence-electron chi connectivity index (χ3n) is 4.34. The van der Waals surface area contributed by atoms with Crippen molar-refractivity contribution in [1.29, 1.82) is 0 Å². The Hall–Kier alpha value is -2.72. The van der Waals surface area contributed by atoms with Gasteiger partial charge in [0.15, 0.2) is 11.6 Å². The minimum Gasteiger partial charge on any atom is -0.384 e. The molecule has 0 aliphatic heterocycles. The van der Waals surface area contributed by atoms with Crippen molar-refractivity contribution in [2.24, 2.45) is 0 Å². The predicted molar refractivity (Wildman–Crippen MR) is 114 cm³/mol. The van der Waals surface area contributed by atoms with Gasteiger partial charge in [0, 0.05) is 31.4 Å². The molecular formula is C20H26F2N4O3S. The summed E-state index contributed by atoms with van der Waals surface area (Å²) in [5.74, 6) is -2.57. The summed E-state index contributed by atoms with van der Waals surface area (Å²) in [6.45, 7) is 6.48. The monoisotopic (exact) mass is 440 g/mol. The fourth-order valence-electron chi connectivity index (χ4n) is 2.84. The van der Waals surface area contributed by atoms with Crippen LogP contribution in [0.1, 0.15) is 20.8 Å². The van der Waals surface area contributed by atoms with Gasteiger partial charge in [-0.05, 0) is 37.3 Å². The number of hydrogen-bond donors (Lipinski definition) is 3. The zero-order valence-corrected chi connectivity index (χ0v) is 17.9. The molecule has 0 saturated carbocycles. The highest BCUT2D eigenvalue weighted by atomic mass is 32.2. The van der Waals surface area contributed by atoms with Gasteiger partial charge in [0.1, 0.15) is 0 Å². The van der Waals surface area contributed by atoms with Crippen molar-refractivity contribution in [3.05, 3.63) is 48.0 Å². The quantitative estimate of drug-likeness (QED) is 0.526. The first-order valence-corrected chi connectivity index (χ1v) is 11.0. The van der Waals surface area contributed by atoms with E-state index in [-0.39, 0.29) is 17.1 Å². The van der Waals surface area contributed by atoms with E-state index in [1.165, 1.54) is 22.5 Å². The number of hydrogen-bond acceptors (Lipinski definition) is 5. The fraction of sp³-hybridized carbons (Fsp3) is 0.350. The molecule has 0 aliphatic rings. The van der Waals surface area contributed by atoms with Crippen molar-refractivity contribution in [1.82, 2.24) is 4.31 Å². The minimum atomic E-state index is -3.66. The van der Waals surface area contributed by atoms with E-state index in [1.54, 1.807) is 19.9 Å². The molecule has 0 unspecified atom stereocenters. The van der Waals surface area contributed by atoms with Crippen LogP contribution in [0.3, 0.4) is 0 Å². The van der Waals surface area contributed by atoms with E-state index in [0.29, 0.717) is 31.0 Å². The highest BCUT2D eigenvalue weighted by Gasteiger charge is 2.22. The van der Waals surface area contributed by atoms with Crippen LogP contribution in [0, 0.1) is 11.6 Å². The van der Waals surface area contributed by atoms with E-state index in [0.717, 1.165) is 12.1 Å². The Bertz CT molecular complexity index is 996. The van der Waals surface area contributed by atoms with E-state index in [4.69, 9.17) is 0 Å². The van der Waals surface area contributed by atoms with Gasteiger partial charge in [0.2, 0.25) is 15.9 Å². The molecule has 0 aromatic heterocycles. The van der Waals surface area contributed by atoms with Crippen LogP contribution in [-0.4, -0.2) is 44.8 Å². The maximum atomic E-state index is 13.3. The van der Waals surface area contributed by atoms with Gasteiger partial charge in [-0.2, -0.15) is 4.31 Å². The molecule has 2 aromatic carbocycles. The summed E-state index contributed by atoms with van der Waals surface area (Å²) >= 11 is 0. The first kappa shape index (κ1) is 23.6. The van der Waals surface area contributed by atoms with E-state index >= 15 is 0 Å². The second-order valence-electron chi connectivity index (χ2n) is 6.36. The Morgan fingerprint density at radius 1 is 0.933 bits per heavy atom. The average molecular weight is 441 g/mol. The smallest absolute Gasteiger partial charge is 0.243 e. The number of sulfonamides is 1. The van der Waals surface area contributed by atoms with Crippen molar-refractivity contribution in [2.45, 2.75) is 25.7 Å². The highest BCUT2D eigenvalue weighted by molar-refractivity contribution is 7.89. The summed E-state index contributed by atoms with van der Waals surface area (Å²) in [4.78, 5) is 12.3. The number of carbonyl (C=O) groups excluding carboxylic acids is 1. The predicted octanol–water partition coefficient (Wildman–Crippen LogP) is 3.48. The third-order valence-corrected chi connectivity index (χ3v) is 6.39. The Morgan fingerprint density at radius 3 is 2.23 bits per heavy atom. The molecule has 2 rings (SSSR count). The molecule has 0 heterocycles. The van der Waals surface area contributed by atoms with Crippen LogP contribution >= 0.6 is 0 Å². The Balaban J connectivity index is 2.20. The SMILES string of the molecule is CCNc1ccc(S(=O)(=O)N(CC)CC)cc1NCC(=O)Nc1ccc(F)c(F)c1. The molecule has 0 atom stereocenters. The van der Waals surface area contributed by atoms with Gasteiger partial charge in [0.25, 0.3) is 0 Å². The van der Waals surface area contributed by atoms with Crippen LogP contribution in [-0.2, 0) is 14.8 Å². The normalized spacial score (nSPS) is 11.4. The number of nitrogens with zero attached hydrogens (tertiary/aromatic N) is 1. The maximum Gasteiger partial charge on any atom is 0.243 e. The van der Waals surface area contributed by atoms with E-state index in [2.05, 4.69) is 16.0 Å². The van der Waals surface area contributed by atoms with Gasteiger partial charge in [-0.3, -0.25) is 4.79 Å². The molecule has 30 heavy (non-hydrogen) atoms. The van der Waals surface area contributed by atoms with Crippen molar-refractivity contribution < 1.29 is 22.0 Å². The van der Waals surface area contributed by atoms with Gasteiger partial charge in [-0.25, -0.2) is 17.2 Å². The van der Waals surface area contributed by atoms with Gasteiger partial charge in [0.05, 0.1) is 22.8 Å².